The van der Waals surface area contributed by atoms with Crippen molar-refractivity contribution in [2.75, 3.05) is 46.2 Å². The van der Waals surface area contributed by atoms with Crippen LogP contribution >= 0.6 is 0 Å². The first-order chi connectivity index (χ1) is 16.9. The van der Waals surface area contributed by atoms with Crippen LogP contribution in [0, 0.1) is 5.92 Å². The lowest BCUT2D eigenvalue weighted by Crippen LogP contribution is -2.52. The summed E-state index contributed by atoms with van der Waals surface area (Å²) < 4.78 is 16.3. The lowest BCUT2D eigenvalue weighted by atomic mass is 9.98. The first-order valence-electron chi connectivity index (χ1n) is 12.2. The van der Waals surface area contributed by atoms with Gasteiger partial charge in [0.05, 0.1) is 58.2 Å². The molecule has 1 saturated heterocycles. The number of aliphatic hydroxyl groups is 1. The average molecular weight is 494 g/mol. The molecule has 35 heavy (non-hydrogen) atoms. The van der Waals surface area contributed by atoms with E-state index in [0.29, 0.717) is 46.0 Å². The number of aliphatic hydroxyl groups excluding tert-OH is 1. The molecular weight excluding hydrogens is 454 g/mol. The van der Waals surface area contributed by atoms with Crippen molar-refractivity contribution in [3.8, 4) is 0 Å². The average Bonchev–Trinajstić information content (AvgIpc) is 2.82. The maximum atomic E-state index is 12.7. The van der Waals surface area contributed by atoms with Crippen molar-refractivity contribution in [2.45, 2.75) is 51.3 Å². The van der Waals surface area contributed by atoms with E-state index in [0.717, 1.165) is 5.56 Å². The summed E-state index contributed by atoms with van der Waals surface area (Å²) in [7, 11) is 0. The molecule has 1 aliphatic heterocycles. The molecule has 196 valence electrons. The van der Waals surface area contributed by atoms with Crippen LogP contribution in [0.4, 0.5) is 0 Å². The number of carbonyl (C=O) groups is 3. The summed E-state index contributed by atoms with van der Waals surface area (Å²) in [6, 6.07) is 7.97. The number of benzene rings is 1. The summed E-state index contributed by atoms with van der Waals surface area (Å²) >= 11 is 0. The van der Waals surface area contributed by atoms with Crippen molar-refractivity contribution in [3.63, 3.8) is 0 Å². The SMILES string of the molecule is CC(C)[C@@H]1NC(=O)C[C@H](O)[C@H](Cc2ccccc2)NC(=O)CCOCCOCCOCCNC1=O. The molecule has 3 atom stereocenters. The van der Waals surface area contributed by atoms with Crippen LogP contribution in [-0.2, 0) is 35.0 Å². The summed E-state index contributed by atoms with van der Waals surface area (Å²) in [5.74, 6) is -1.24. The van der Waals surface area contributed by atoms with Gasteiger partial charge in [0.15, 0.2) is 0 Å². The molecule has 10 nitrogen and oxygen atoms in total. The molecule has 0 aromatic heterocycles. The fourth-order valence-corrected chi connectivity index (χ4v) is 3.59. The van der Waals surface area contributed by atoms with Gasteiger partial charge in [0.25, 0.3) is 0 Å². The van der Waals surface area contributed by atoms with E-state index in [-0.39, 0.29) is 37.2 Å². The predicted molar refractivity (Wildman–Crippen MR) is 130 cm³/mol. The molecule has 1 aliphatic rings. The van der Waals surface area contributed by atoms with E-state index in [1.165, 1.54) is 0 Å². The molecule has 0 spiro atoms. The Hall–Kier alpha value is -2.53. The highest BCUT2D eigenvalue weighted by molar-refractivity contribution is 5.88. The summed E-state index contributed by atoms with van der Waals surface area (Å²) in [6.45, 7) is 5.98. The van der Waals surface area contributed by atoms with Gasteiger partial charge in [-0.3, -0.25) is 14.4 Å². The van der Waals surface area contributed by atoms with E-state index < -0.39 is 24.1 Å². The van der Waals surface area contributed by atoms with Crippen LogP contribution in [0.2, 0.25) is 0 Å². The molecular formula is C25H39N3O7. The molecule has 0 bridgehead atoms. The van der Waals surface area contributed by atoms with Gasteiger partial charge in [-0.25, -0.2) is 0 Å². The van der Waals surface area contributed by atoms with Crippen molar-refractivity contribution >= 4 is 17.7 Å². The van der Waals surface area contributed by atoms with E-state index in [1.807, 2.05) is 44.2 Å². The highest BCUT2D eigenvalue weighted by atomic mass is 16.5. The molecule has 0 unspecified atom stereocenters. The monoisotopic (exact) mass is 493 g/mol. The van der Waals surface area contributed by atoms with Crippen LogP contribution in [0.1, 0.15) is 32.3 Å². The lowest BCUT2D eigenvalue weighted by molar-refractivity contribution is -0.131. The second kappa shape index (κ2) is 16.2. The van der Waals surface area contributed by atoms with Crippen LogP contribution in [0.3, 0.4) is 0 Å². The zero-order valence-corrected chi connectivity index (χ0v) is 20.7. The number of amides is 3. The van der Waals surface area contributed by atoms with Crippen molar-refractivity contribution < 1.29 is 33.7 Å². The zero-order valence-electron chi connectivity index (χ0n) is 20.7. The molecule has 1 aromatic rings. The molecule has 0 aliphatic carbocycles. The number of carbonyl (C=O) groups excluding carboxylic acids is 3. The van der Waals surface area contributed by atoms with Gasteiger partial charge in [-0.15, -0.1) is 0 Å². The summed E-state index contributed by atoms with van der Waals surface area (Å²) in [6.07, 6.45) is -0.940. The zero-order chi connectivity index (χ0) is 25.5. The van der Waals surface area contributed by atoms with Gasteiger partial charge in [0.2, 0.25) is 17.7 Å². The first-order valence-corrected chi connectivity index (χ1v) is 12.2. The van der Waals surface area contributed by atoms with Gasteiger partial charge >= 0.3 is 0 Å². The van der Waals surface area contributed by atoms with Crippen molar-refractivity contribution in [2.24, 2.45) is 5.92 Å². The third kappa shape index (κ3) is 11.6. The Bertz CT molecular complexity index is 776. The van der Waals surface area contributed by atoms with Crippen LogP contribution in [0.15, 0.2) is 30.3 Å². The van der Waals surface area contributed by atoms with Gasteiger partial charge in [0, 0.05) is 13.0 Å². The Labute approximate surface area is 207 Å². The number of rotatable bonds is 3. The Morgan fingerprint density at radius 1 is 0.886 bits per heavy atom. The molecule has 3 amide bonds. The number of nitrogens with one attached hydrogen (secondary N) is 3. The minimum atomic E-state index is -1.15. The lowest BCUT2D eigenvalue weighted by Gasteiger charge is -2.26. The molecule has 4 N–H and O–H groups in total. The summed E-state index contributed by atoms with van der Waals surface area (Å²) in [5.41, 5.74) is 0.915. The number of hydrogen-bond donors (Lipinski definition) is 4. The summed E-state index contributed by atoms with van der Waals surface area (Å²) in [5, 5.41) is 19.2. The summed E-state index contributed by atoms with van der Waals surface area (Å²) in [4.78, 5) is 37.8. The topological polar surface area (TPSA) is 135 Å². The quantitative estimate of drug-likeness (QED) is 0.472. The fraction of sp³-hybridized carbons (Fsp3) is 0.640. The van der Waals surface area contributed by atoms with E-state index in [1.54, 1.807) is 0 Å². The highest BCUT2D eigenvalue weighted by Crippen LogP contribution is 2.11. The molecule has 1 fully saturated rings. The highest BCUT2D eigenvalue weighted by Gasteiger charge is 2.28. The fourth-order valence-electron chi connectivity index (χ4n) is 3.59. The smallest absolute Gasteiger partial charge is 0.242 e. The molecule has 0 saturated carbocycles. The Kier molecular flexibility index (Phi) is 13.3. The third-order valence-electron chi connectivity index (χ3n) is 5.53. The van der Waals surface area contributed by atoms with E-state index in [4.69, 9.17) is 14.2 Å². The van der Waals surface area contributed by atoms with Crippen LogP contribution in [0.5, 0.6) is 0 Å². The Morgan fingerprint density at radius 2 is 1.51 bits per heavy atom. The Morgan fingerprint density at radius 3 is 2.17 bits per heavy atom. The second-order valence-corrected chi connectivity index (χ2v) is 8.80. The van der Waals surface area contributed by atoms with Crippen molar-refractivity contribution in [1.82, 2.24) is 16.0 Å². The Balaban J connectivity index is 2.08. The minimum Gasteiger partial charge on any atom is -0.390 e. The molecule has 1 aromatic carbocycles. The predicted octanol–water partition coefficient (Wildman–Crippen LogP) is 0.175. The molecule has 1 heterocycles. The van der Waals surface area contributed by atoms with Crippen molar-refractivity contribution in [3.05, 3.63) is 35.9 Å². The molecule has 0 radical (unpaired) electrons. The van der Waals surface area contributed by atoms with Crippen LogP contribution in [0.25, 0.3) is 0 Å². The standard InChI is InChI=1S/C25H39N3O7/c1-18(2)24-25(32)26-9-11-34-13-15-35-14-12-33-10-8-22(30)27-20(21(29)17-23(31)28-24)16-19-6-4-3-5-7-19/h3-7,18,20-21,24,29H,8-17H2,1-2H3,(H,26,32)(H,27,30)(H,28,31)/t20-,21-,24-/m0/s1. The van der Waals surface area contributed by atoms with E-state index in [9.17, 15) is 19.5 Å². The van der Waals surface area contributed by atoms with E-state index >= 15 is 0 Å². The minimum absolute atomic E-state index is 0.114. The first kappa shape index (κ1) is 28.7. The molecule has 10 heteroatoms. The van der Waals surface area contributed by atoms with Gasteiger partial charge in [-0.05, 0) is 17.9 Å². The largest absolute Gasteiger partial charge is 0.390 e. The van der Waals surface area contributed by atoms with Crippen molar-refractivity contribution in [1.29, 1.82) is 0 Å². The second-order valence-electron chi connectivity index (χ2n) is 8.80. The van der Waals surface area contributed by atoms with Gasteiger partial charge in [-0.2, -0.15) is 0 Å². The van der Waals surface area contributed by atoms with Crippen LogP contribution in [-0.4, -0.2) is 87.2 Å². The van der Waals surface area contributed by atoms with E-state index in [2.05, 4.69) is 16.0 Å². The van der Waals surface area contributed by atoms with Gasteiger partial charge < -0.3 is 35.3 Å². The number of hydrogen-bond acceptors (Lipinski definition) is 7. The number of ether oxygens (including phenoxy) is 3. The maximum Gasteiger partial charge on any atom is 0.242 e. The maximum absolute atomic E-state index is 12.7. The van der Waals surface area contributed by atoms with Crippen LogP contribution < -0.4 is 16.0 Å². The third-order valence-corrected chi connectivity index (χ3v) is 5.53. The molecule has 2 rings (SSSR count). The normalized spacial score (nSPS) is 25.1. The van der Waals surface area contributed by atoms with Gasteiger partial charge in [0.1, 0.15) is 6.04 Å². The van der Waals surface area contributed by atoms with Gasteiger partial charge in [-0.1, -0.05) is 44.2 Å².